The summed E-state index contributed by atoms with van der Waals surface area (Å²) in [5.41, 5.74) is 4.60. The van der Waals surface area contributed by atoms with Gasteiger partial charge in [-0.25, -0.2) is 9.97 Å². The molecule has 0 aliphatic carbocycles. The summed E-state index contributed by atoms with van der Waals surface area (Å²) in [6.07, 6.45) is 9.43. The highest BCUT2D eigenvalue weighted by Gasteiger charge is 2.17. The van der Waals surface area contributed by atoms with Crippen molar-refractivity contribution in [3.63, 3.8) is 0 Å². The van der Waals surface area contributed by atoms with Crippen LogP contribution >= 0.6 is 0 Å². The van der Waals surface area contributed by atoms with E-state index in [1.165, 1.54) is 17.0 Å². The molecule has 7 nitrogen and oxygen atoms in total. The summed E-state index contributed by atoms with van der Waals surface area (Å²) in [6, 6.07) is 16.0. The molecule has 1 amide bonds. The van der Waals surface area contributed by atoms with E-state index in [1.54, 1.807) is 18.2 Å². The van der Waals surface area contributed by atoms with Crippen molar-refractivity contribution in [2.75, 3.05) is 23.9 Å². The number of nitrogens with one attached hydrogen (secondary N) is 1. The standard InChI is InChI=1S/C28H29N5O2/c1-3-27(34)33-17-9-5-4-8-16-32-19-22(21-10-6-7-11-25(21)32)23-14-15-29-28(30-23)31-24-18-20(33)12-13-26(24)35-2/h3,6-7,10-15,18-19H,1,4-5,8-9,16-17H2,2H3,(H,29,30,31). The highest BCUT2D eigenvalue weighted by atomic mass is 16.5. The average Bonchev–Trinajstić information content (AvgIpc) is 3.26. The van der Waals surface area contributed by atoms with Gasteiger partial charge in [0.05, 0.1) is 18.5 Å². The van der Waals surface area contributed by atoms with Crippen LogP contribution in [-0.2, 0) is 11.3 Å². The van der Waals surface area contributed by atoms with Crippen LogP contribution in [0.25, 0.3) is 22.2 Å². The van der Waals surface area contributed by atoms with E-state index in [0.29, 0.717) is 23.9 Å². The molecule has 1 aliphatic heterocycles. The summed E-state index contributed by atoms with van der Waals surface area (Å²) in [6.45, 7) is 5.25. The molecule has 1 N–H and O–H groups in total. The normalized spacial score (nSPS) is 14.1. The topological polar surface area (TPSA) is 72.3 Å². The Bertz CT molecular complexity index is 1380. The second-order valence-electron chi connectivity index (χ2n) is 8.64. The number of benzene rings is 2. The van der Waals surface area contributed by atoms with Crippen molar-refractivity contribution in [1.82, 2.24) is 14.5 Å². The number of aryl methyl sites for hydroxylation is 1. The molecule has 0 atom stereocenters. The molecule has 6 bridgehead atoms. The molecule has 0 saturated carbocycles. The molecule has 1 aliphatic rings. The van der Waals surface area contributed by atoms with Gasteiger partial charge in [0.1, 0.15) is 5.75 Å². The molecule has 0 saturated heterocycles. The van der Waals surface area contributed by atoms with Crippen LogP contribution in [0, 0.1) is 0 Å². The second-order valence-corrected chi connectivity index (χ2v) is 8.64. The SMILES string of the molecule is C=CC(=O)N1CCCCCCn2cc(c3ccccc32)-c2ccnc(n2)Nc2cc1ccc2OC. The summed E-state index contributed by atoms with van der Waals surface area (Å²) in [4.78, 5) is 23.7. The molecule has 2 aromatic heterocycles. The largest absolute Gasteiger partial charge is 0.495 e. The number of anilines is 3. The Morgan fingerprint density at radius 3 is 2.74 bits per heavy atom. The van der Waals surface area contributed by atoms with Crippen molar-refractivity contribution >= 4 is 34.1 Å². The summed E-state index contributed by atoms with van der Waals surface area (Å²) in [7, 11) is 1.62. The molecule has 0 unspecified atom stereocenters. The lowest BCUT2D eigenvalue weighted by Gasteiger charge is -2.23. The van der Waals surface area contributed by atoms with E-state index in [4.69, 9.17) is 9.72 Å². The Hall–Kier alpha value is -4.13. The fourth-order valence-electron chi connectivity index (χ4n) is 4.67. The van der Waals surface area contributed by atoms with Gasteiger partial charge in [0.25, 0.3) is 0 Å². The van der Waals surface area contributed by atoms with Crippen molar-refractivity contribution in [3.8, 4) is 17.0 Å². The quantitative estimate of drug-likeness (QED) is 0.369. The van der Waals surface area contributed by atoms with Crippen LogP contribution in [0.3, 0.4) is 0 Å². The van der Waals surface area contributed by atoms with Gasteiger partial charge in [-0.05, 0) is 49.2 Å². The minimum absolute atomic E-state index is 0.122. The maximum absolute atomic E-state index is 12.7. The van der Waals surface area contributed by atoms with E-state index in [1.807, 2.05) is 24.3 Å². The highest BCUT2D eigenvalue weighted by Crippen LogP contribution is 2.34. The number of fused-ring (bicyclic) bond motifs is 10. The first-order valence-corrected chi connectivity index (χ1v) is 12.0. The van der Waals surface area contributed by atoms with E-state index < -0.39 is 0 Å². The summed E-state index contributed by atoms with van der Waals surface area (Å²) >= 11 is 0. The molecule has 5 rings (SSSR count). The Labute approximate surface area is 205 Å². The predicted molar refractivity (Wildman–Crippen MR) is 140 cm³/mol. The number of hydrogen-bond acceptors (Lipinski definition) is 5. The molecular formula is C28H29N5O2. The first-order chi connectivity index (χ1) is 17.2. The number of ether oxygens (including phenoxy) is 1. The number of aromatic nitrogens is 3. The molecule has 4 aromatic rings. The van der Waals surface area contributed by atoms with Gasteiger partial charge in [0.2, 0.25) is 11.9 Å². The number of rotatable bonds is 2. The van der Waals surface area contributed by atoms with Gasteiger partial charge < -0.3 is 19.5 Å². The minimum atomic E-state index is -0.122. The number of methoxy groups -OCH3 is 1. The molecule has 2 aromatic carbocycles. The summed E-state index contributed by atoms with van der Waals surface area (Å²) < 4.78 is 7.89. The molecular weight excluding hydrogens is 438 g/mol. The molecule has 3 heterocycles. The van der Waals surface area contributed by atoms with Gasteiger partial charge in [0, 0.05) is 47.6 Å². The van der Waals surface area contributed by atoms with Crippen LogP contribution in [0.4, 0.5) is 17.3 Å². The Morgan fingerprint density at radius 2 is 1.91 bits per heavy atom. The lowest BCUT2D eigenvalue weighted by atomic mass is 10.1. The third-order valence-electron chi connectivity index (χ3n) is 6.43. The second kappa shape index (κ2) is 10.0. The molecule has 0 fully saturated rings. The number of carbonyl (C=O) groups excluding carboxylic acids is 1. The number of nitrogens with zero attached hydrogens (tertiary/aromatic N) is 4. The van der Waals surface area contributed by atoms with E-state index in [2.05, 4.69) is 51.9 Å². The number of para-hydroxylation sites is 1. The predicted octanol–water partition coefficient (Wildman–Crippen LogP) is 5.94. The smallest absolute Gasteiger partial charge is 0.250 e. The van der Waals surface area contributed by atoms with Crippen LogP contribution < -0.4 is 15.0 Å². The fraction of sp³-hybridized carbons (Fsp3) is 0.250. The maximum Gasteiger partial charge on any atom is 0.250 e. The lowest BCUT2D eigenvalue weighted by Crippen LogP contribution is -2.30. The van der Waals surface area contributed by atoms with Crippen LogP contribution in [0.5, 0.6) is 5.75 Å². The van der Waals surface area contributed by atoms with E-state index in [0.717, 1.165) is 49.2 Å². The molecule has 178 valence electrons. The molecule has 0 spiro atoms. The van der Waals surface area contributed by atoms with Crippen molar-refractivity contribution in [2.24, 2.45) is 0 Å². The van der Waals surface area contributed by atoms with Gasteiger partial charge in [-0.2, -0.15) is 0 Å². The minimum Gasteiger partial charge on any atom is -0.495 e. The van der Waals surface area contributed by atoms with Crippen molar-refractivity contribution in [1.29, 1.82) is 0 Å². The molecule has 35 heavy (non-hydrogen) atoms. The first-order valence-electron chi connectivity index (χ1n) is 12.0. The van der Waals surface area contributed by atoms with Gasteiger partial charge >= 0.3 is 0 Å². The van der Waals surface area contributed by atoms with Crippen LogP contribution in [0.2, 0.25) is 0 Å². The third kappa shape index (κ3) is 4.62. The Kier molecular flexibility index (Phi) is 6.48. The maximum atomic E-state index is 12.7. The zero-order chi connectivity index (χ0) is 24.2. The van der Waals surface area contributed by atoms with Crippen molar-refractivity contribution < 1.29 is 9.53 Å². The van der Waals surface area contributed by atoms with Gasteiger partial charge in [-0.1, -0.05) is 37.6 Å². The number of hydrogen-bond donors (Lipinski definition) is 1. The van der Waals surface area contributed by atoms with E-state index >= 15 is 0 Å². The van der Waals surface area contributed by atoms with Crippen LogP contribution in [-0.4, -0.2) is 34.1 Å². The lowest BCUT2D eigenvalue weighted by molar-refractivity contribution is -0.114. The zero-order valence-corrected chi connectivity index (χ0v) is 19.9. The van der Waals surface area contributed by atoms with Crippen molar-refractivity contribution in [2.45, 2.75) is 32.2 Å². The Balaban J connectivity index is 1.61. The summed E-state index contributed by atoms with van der Waals surface area (Å²) in [5, 5.41) is 4.48. The highest BCUT2D eigenvalue weighted by molar-refractivity contribution is 6.01. The third-order valence-corrected chi connectivity index (χ3v) is 6.43. The monoisotopic (exact) mass is 467 g/mol. The summed E-state index contributed by atoms with van der Waals surface area (Å²) in [5.74, 6) is 0.979. The van der Waals surface area contributed by atoms with Gasteiger partial charge in [-0.15, -0.1) is 0 Å². The first kappa shape index (κ1) is 22.7. The molecule has 7 heteroatoms. The fourth-order valence-corrected chi connectivity index (χ4v) is 4.67. The van der Waals surface area contributed by atoms with Gasteiger partial charge in [0.15, 0.2) is 0 Å². The zero-order valence-electron chi connectivity index (χ0n) is 19.9. The average molecular weight is 468 g/mol. The number of amides is 1. The Morgan fingerprint density at radius 1 is 1.09 bits per heavy atom. The molecule has 0 radical (unpaired) electrons. The van der Waals surface area contributed by atoms with Gasteiger partial charge in [-0.3, -0.25) is 4.79 Å². The van der Waals surface area contributed by atoms with Crippen LogP contribution in [0.15, 0.2) is 73.6 Å². The van der Waals surface area contributed by atoms with Crippen LogP contribution in [0.1, 0.15) is 25.7 Å². The van der Waals surface area contributed by atoms with E-state index in [9.17, 15) is 4.79 Å². The van der Waals surface area contributed by atoms with Crippen molar-refractivity contribution in [3.05, 3.63) is 73.6 Å². The van der Waals surface area contributed by atoms with E-state index in [-0.39, 0.29) is 5.91 Å². The number of carbonyl (C=O) groups is 1.